The molecule has 1 amide bonds. The summed E-state index contributed by atoms with van der Waals surface area (Å²) in [6.45, 7) is 9.10. The maximum atomic E-state index is 13.7. The van der Waals surface area contributed by atoms with Gasteiger partial charge in [-0.15, -0.1) is 0 Å². The van der Waals surface area contributed by atoms with Gasteiger partial charge in [0.25, 0.3) is 6.47 Å². The van der Waals surface area contributed by atoms with Gasteiger partial charge in [-0.2, -0.15) is 13.2 Å². The van der Waals surface area contributed by atoms with Gasteiger partial charge in [0.2, 0.25) is 5.91 Å². The van der Waals surface area contributed by atoms with Crippen LogP contribution in [-0.2, 0) is 28.1 Å². The lowest BCUT2D eigenvalue weighted by atomic mass is 10.0. The molecule has 7 nitrogen and oxygen atoms in total. The normalized spacial score (nSPS) is 13.0. The number of rotatable bonds is 11. The number of amides is 1. The Labute approximate surface area is 276 Å². The first-order valence-electron chi connectivity index (χ1n) is 14.8. The van der Waals surface area contributed by atoms with E-state index < -0.39 is 11.7 Å². The lowest BCUT2D eigenvalue weighted by Crippen LogP contribution is -2.42. The molecule has 0 atom stereocenters. The van der Waals surface area contributed by atoms with Gasteiger partial charge in [0.15, 0.2) is 5.17 Å². The van der Waals surface area contributed by atoms with Crippen LogP contribution in [0, 0.1) is 11.7 Å². The molecule has 0 spiro atoms. The SMILES string of the molecule is C=C1N=C(SCc2ccc(F)cc2)N(CC(=O)N(CCN)Cc2ccc(-c3ccc(C(F)(F)F)cc3)cc2)C=C1CC(C)C.O=CO. The van der Waals surface area contributed by atoms with Crippen molar-refractivity contribution in [1.29, 1.82) is 0 Å². The van der Waals surface area contributed by atoms with Gasteiger partial charge in [-0.3, -0.25) is 9.59 Å². The second kappa shape index (κ2) is 17.5. The predicted molar refractivity (Wildman–Crippen MR) is 179 cm³/mol. The van der Waals surface area contributed by atoms with Crippen LogP contribution >= 0.6 is 11.8 Å². The molecule has 4 rings (SSSR count). The van der Waals surface area contributed by atoms with Gasteiger partial charge in [0.05, 0.1) is 11.3 Å². The average Bonchev–Trinajstić information content (AvgIpc) is 3.02. The molecule has 0 bridgehead atoms. The Bertz CT molecular complexity index is 1560. The van der Waals surface area contributed by atoms with Crippen molar-refractivity contribution in [2.24, 2.45) is 16.6 Å². The highest BCUT2D eigenvalue weighted by atomic mass is 32.2. The summed E-state index contributed by atoms with van der Waals surface area (Å²) in [7, 11) is 0. The van der Waals surface area contributed by atoms with E-state index in [4.69, 9.17) is 20.6 Å². The van der Waals surface area contributed by atoms with Crippen molar-refractivity contribution in [2.75, 3.05) is 19.6 Å². The third-order valence-electron chi connectivity index (χ3n) is 7.00. The number of allylic oxidation sites excluding steroid dienone is 1. The summed E-state index contributed by atoms with van der Waals surface area (Å²) in [6.07, 6.45) is -1.68. The van der Waals surface area contributed by atoms with Crippen LogP contribution in [0.15, 0.2) is 102 Å². The molecule has 0 radical (unpaired) electrons. The fraction of sp³-hybridized carbons (Fsp3) is 0.286. The Hall–Kier alpha value is -4.42. The van der Waals surface area contributed by atoms with Gasteiger partial charge >= 0.3 is 6.18 Å². The van der Waals surface area contributed by atoms with E-state index in [2.05, 4.69) is 20.4 Å². The maximum Gasteiger partial charge on any atom is 0.416 e. The number of carbonyl (C=O) groups is 2. The van der Waals surface area contributed by atoms with Gasteiger partial charge in [-0.1, -0.05) is 80.7 Å². The number of benzene rings is 3. The summed E-state index contributed by atoms with van der Waals surface area (Å²) in [5.74, 6) is 0.482. The Morgan fingerprint density at radius 1 is 1.02 bits per heavy atom. The minimum atomic E-state index is -4.39. The standard InChI is InChI=1S/C34H36F4N4OS.CH2O2/c1-23(2)18-29-20-42(33(40-24(29)3)44-22-26-6-14-31(35)15-7-26)21-32(43)41(17-16-39)19-25-4-8-27(9-5-25)28-10-12-30(13-11-28)34(36,37)38;2-1-3/h4-15,20,23H,3,16-19,21-22,39H2,1-2H3;1H,(H,2,3). The zero-order valence-corrected chi connectivity index (χ0v) is 27.0. The minimum Gasteiger partial charge on any atom is -0.483 e. The topological polar surface area (TPSA) is 99.2 Å². The van der Waals surface area contributed by atoms with Gasteiger partial charge < -0.3 is 20.6 Å². The first-order valence-corrected chi connectivity index (χ1v) is 15.8. The summed E-state index contributed by atoms with van der Waals surface area (Å²) in [5, 5.41) is 7.52. The Morgan fingerprint density at radius 3 is 2.11 bits per heavy atom. The highest BCUT2D eigenvalue weighted by molar-refractivity contribution is 8.13. The number of hydrogen-bond acceptors (Lipinski definition) is 6. The van der Waals surface area contributed by atoms with Crippen molar-refractivity contribution in [3.8, 4) is 11.1 Å². The monoisotopic (exact) mass is 670 g/mol. The molecule has 0 saturated heterocycles. The van der Waals surface area contributed by atoms with Crippen LogP contribution in [0.1, 0.15) is 37.0 Å². The van der Waals surface area contributed by atoms with Gasteiger partial charge in [0, 0.05) is 31.6 Å². The fourth-order valence-corrected chi connectivity index (χ4v) is 5.65. The largest absolute Gasteiger partial charge is 0.483 e. The van der Waals surface area contributed by atoms with Crippen molar-refractivity contribution in [2.45, 2.75) is 38.7 Å². The maximum absolute atomic E-state index is 13.7. The molecule has 3 aromatic carbocycles. The summed E-state index contributed by atoms with van der Waals surface area (Å²) in [6, 6.07) is 18.7. The first kappa shape index (κ1) is 37.0. The van der Waals surface area contributed by atoms with E-state index >= 15 is 0 Å². The van der Waals surface area contributed by atoms with Crippen molar-refractivity contribution in [3.05, 3.63) is 119 Å². The number of carbonyl (C=O) groups excluding carboxylic acids is 1. The van der Waals surface area contributed by atoms with Crippen molar-refractivity contribution in [3.63, 3.8) is 0 Å². The number of hydrogen-bond donors (Lipinski definition) is 2. The van der Waals surface area contributed by atoms with Crippen LogP contribution in [0.5, 0.6) is 0 Å². The van der Waals surface area contributed by atoms with Gasteiger partial charge in [-0.05, 0) is 64.4 Å². The summed E-state index contributed by atoms with van der Waals surface area (Å²) in [5.41, 5.74) is 10.0. The molecule has 0 unspecified atom stereocenters. The van der Waals surface area contributed by atoms with E-state index in [1.54, 1.807) is 17.0 Å². The quantitative estimate of drug-likeness (QED) is 0.162. The number of carboxylic acid groups (broad SMARTS) is 1. The van der Waals surface area contributed by atoms with Crippen LogP contribution < -0.4 is 5.73 Å². The van der Waals surface area contributed by atoms with Crippen molar-refractivity contribution < 1.29 is 32.3 Å². The highest BCUT2D eigenvalue weighted by Crippen LogP contribution is 2.32. The number of amidine groups is 1. The average molecular weight is 671 g/mol. The molecule has 0 aromatic heterocycles. The number of halogens is 4. The van der Waals surface area contributed by atoms with Crippen LogP contribution in [0.3, 0.4) is 0 Å². The lowest BCUT2D eigenvalue weighted by Gasteiger charge is -2.30. The molecular formula is C35H38F4N4O3S. The van der Waals surface area contributed by atoms with Crippen molar-refractivity contribution >= 4 is 29.3 Å². The van der Waals surface area contributed by atoms with Crippen LogP contribution in [0.25, 0.3) is 11.1 Å². The number of aliphatic imine (C=N–C) groups is 1. The van der Waals surface area contributed by atoms with Crippen LogP contribution in [0.2, 0.25) is 0 Å². The smallest absolute Gasteiger partial charge is 0.416 e. The van der Waals surface area contributed by atoms with Gasteiger partial charge in [-0.25, -0.2) is 9.38 Å². The summed E-state index contributed by atoms with van der Waals surface area (Å²) < 4.78 is 52.2. The molecule has 0 aliphatic carbocycles. The summed E-state index contributed by atoms with van der Waals surface area (Å²) in [4.78, 5) is 30.3. The Morgan fingerprint density at radius 2 is 1.57 bits per heavy atom. The molecule has 3 aromatic rings. The van der Waals surface area contributed by atoms with E-state index in [-0.39, 0.29) is 31.3 Å². The predicted octanol–water partition coefficient (Wildman–Crippen LogP) is 7.55. The molecule has 1 aliphatic heterocycles. The van der Waals surface area contributed by atoms with E-state index in [0.717, 1.165) is 40.8 Å². The molecule has 250 valence electrons. The first-order chi connectivity index (χ1) is 22.3. The fourth-order valence-electron chi connectivity index (χ4n) is 4.70. The molecular weight excluding hydrogens is 632 g/mol. The zero-order valence-electron chi connectivity index (χ0n) is 26.2. The van der Waals surface area contributed by atoms with E-state index in [0.29, 0.717) is 41.2 Å². The molecule has 47 heavy (non-hydrogen) atoms. The molecule has 0 fully saturated rings. The zero-order chi connectivity index (χ0) is 34.6. The molecule has 1 aliphatic rings. The number of alkyl halides is 3. The third kappa shape index (κ3) is 11.4. The molecule has 12 heteroatoms. The van der Waals surface area contributed by atoms with E-state index in [1.807, 2.05) is 35.4 Å². The Balaban J connectivity index is 0.00000192. The van der Waals surface area contributed by atoms with E-state index in [1.165, 1.54) is 36.0 Å². The number of thioether (sulfide) groups is 1. The lowest BCUT2D eigenvalue weighted by molar-refractivity contribution is -0.137. The molecule has 3 N–H and O–H groups in total. The Kier molecular flexibility index (Phi) is 13.8. The van der Waals surface area contributed by atoms with E-state index in [9.17, 15) is 22.4 Å². The van der Waals surface area contributed by atoms with Crippen LogP contribution in [-0.4, -0.2) is 52.1 Å². The van der Waals surface area contributed by atoms with Crippen molar-refractivity contribution in [1.82, 2.24) is 9.80 Å². The second-order valence-corrected chi connectivity index (χ2v) is 12.1. The summed E-state index contributed by atoms with van der Waals surface area (Å²) >= 11 is 1.45. The number of nitrogens with two attached hydrogens (primary N) is 1. The van der Waals surface area contributed by atoms with Crippen LogP contribution in [0.4, 0.5) is 17.6 Å². The third-order valence-corrected chi connectivity index (χ3v) is 8.06. The highest BCUT2D eigenvalue weighted by Gasteiger charge is 2.30. The molecule has 0 saturated carbocycles. The molecule has 1 heterocycles. The minimum absolute atomic E-state index is 0.0494. The second-order valence-electron chi connectivity index (χ2n) is 11.1. The van der Waals surface area contributed by atoms with Gasteiger partial charge in [0.1, 0.15) is 12.4 Å². The number of nitrogens with zero attached hydrogens (tertiary/aromatic N) is 3.